The topological polar surface area (TPSA) is 67.4 Å². The van der Waals surface area contributed by atoms with E-state index in [9.17, 15) is 14.0 Å². The molecule has 0 spiro atoms. The second-order valence-electron chi connectivity index (χ2n) is 7.21. The normalized spacial score (nSPS) is 10.5. The molecule has 0 fully saturated rings. The summed E-state index contributed by atoms with van der Waals surface area (Å²) in [4.78, 5) is 27.0. The minimum atomic E-state index is -0.633. The van der Waals surface area contributed by atoms with E-state index in [1.165, 1.54) is 36.6 Å². The number of halogens is 1. The molecule has 33 heavy (non-hydrogen) atoms. The van der Waals surface area contributed by atoms with Crippen molar-refractivity contribution in [2.45, 2.75) is 6.92 Å². The number of nitrogens with one attached hydrogen (secondary N) is 2. The molecule has 1 aromatic heterocycles. The van der Waals surface area contributed by atoms with Crippen molar-refractivity contribution in [3.05, 3.63) is 101 Å². The smallest absolute Gasteiger partial charge is 0.259 e. The number of hydrogen-bond acceptors (Lipinski definition) is 4. The third kappa shape index (κ3) is 4.63. The molecule has 4 aromatic rings. The van der Waals surface area contributed by atoms with Gasteiger partial charge in [0.05, 0.1) is 23.9 Å². The first-order valence-electron chi connectivity index (χ1n) is 10.2. The van der Waals surface area contributed by atoms with Crippen molar-refractivity contribution in [2.24, 2.45) is 0 Å². The highest BCUT2D eigenvalue weighted by molar-refractivity contribution is 7.20. The van der Waals surface area contributed by atoms with Crippen LogP contribution in [-0.4, -0.2) is 18.9 Å². The van der Waals surface area contributed by atoms with Gasteiger partial charge in [0.25, 0.3) is 11.8 Å². The van der Waals surface area contributed by atoms with Crippen LogP contribution in [0.4, 0.5) is 15.1 Å². The van der Waals surface area contributed by atoms with Gasteiger partial charge >= 0.3 is 0 Å². The van der Waals surface area contributed by atoms with Gasteiger partial charge in [-0.15, -0.1) is 11.3 Å². The van der Waals surface area contributed by atoms with Crippen LogP contribution in [0.1, 0.15) is 26.3 Å². The summed E-state index contributed by atoms with van der Waals surface area (Å²) < 4.78 is 19.5. The summed E-state index contributed by atoms with van der Waals surface area (Å²) in [6, 6.07) is 22.4. The van der Waals surface area contributed by atoms with Crippen molar-refractivity contribution in [1.82, 2.24) is 0 Å². The molecule has 0 saturated carbocycles. The van der Waals surface area contributed by atoms with Gasteiger partial charge in [-0.05, 0) is 42.3 Å². The van der Waals surface area contributed by atoms with E-state index in [-0.39, 0.29) is 5.56 Å². The fraction of sp³-hybridized carbons (Fsp3) is 0.0769. The van der Waals surface area contributed by atoms with Crippen molar-refractivity contribution in [2.75, 3.05) is 17.7 Å². The second kappa shape index (κ2) is 9.67. The molecular weight excluding hydrogens is 439 g/mol. The van der Waals surface area contributed by atoms with Crippen LogP contribution < -0.4 is 15.4 Å². The molecule has 3 aromatic carbocycles. The maximum absolute atomic E-state index is 14.2. The van der Waals surface area contributed by atoms with Gasteiger partial charge in [-0.3, -0.25) is 9.59 Å². The highest BCUT2D eigenvalue weighted by Crippen LogP contribution is 2.40. The number of rotatable bonds is 6. The minimum Gasteiger partial charge on any atom is -0.495 e. The molecule has 1 heterocycles. The molecule has 0 aliphatic rings. The first-order chi connectivity index (χ1) is 16.0. The van der Waals surface area contributed by atoms with Crippen molar-refractivity contribution >= 4 is 33.8 Å². The molecule has 0 atom stereocenters. The van der Waals surface area contributed by atoms with E-state index in [0.717, 1.165) is 10.4 Å². The Morgan fingerprint density at radius 3 is 2.24 bits per heavy atom. The number of ether oxygens (including phenoxy) is 1. The van der Waals surface area contributed by atoms with E-state index >= 15 is 0 Å². The predicted molar refractivity (Wildman–Crippen MR) is 130 cm³/mol. The Kier molecular flexibility index (Phi) is 6.51. The summed E-state index contributed by atoms with van der Waals surface area (Å²) in [7, 11) is 1.52. The Bertz CT molecular complexity index is 1320. The Hall–Kier alpha value is -3.97. The van der Waals surface area contributed by atoms with Crippen LogP contribution in [0, 0.1) is 12.7 Å². The van der Waals surface area contributed by atoms with Gasteiger partial charge in [0.15, 0.2) is 0 Å². The Balaban J connectivity index is 1.75. The van der Waals surface area contributed by atoms with Crippen molar-refractivity contribution in [1.29, 1.82) is 0 Å². The van der Waals surface area contributed by atoms with Crippen LogP contribution in [-0.2, 0) is 0 Å². The van der Waals surface area contributed by atoms with Crippen LogP contribution in [0.3, 0.4) is 0 Å². The number of benzene rings is 3. The van der Waals surface area contributed by atoms with E-state index in [0.29, 0.717) is 27.6 Å². The van der Waals surface area contributed by atoms with Crippen LogP contribution >= 0.6 is 11.3 Å². The third-order valence-corrected chi connectivity index (χ3v) is 6.37. The molecule has 166 valence electrons. The largest absolute Gasteiger partial charge is 0.495 e. The molecule has 0 aliphatic carbocycles. The van der Waals surface area contributed by atoms with Gasteiger partial charge in [-0.2, -0.15) is 0 Å². The highest BCUT2D eigenvalue weighted by Gasteiger charge is 2.25. The van der Waals surface area contributed by atoms with Crippen LogP contribution in [0.15, 0.2) is 78.9 Å². The Morgan fingerprint density at radius 1 is 0.848 bits per heavy atom. The van der Waals surface area contributed by atoms with E-state index in [2.05, 4.69) is 10.6 Å². The van der Waals surface area contributed by atoms with E-state index in [1.807, 2.05) is 37.3 Å². The lowest BCUT2D eigenvalue weighted by molar-refractivity contribution is 0.102. The fourth-order valence-corrected chi connectivity index (χ4v) is 4.69. The number of anilines is 2. The number of hydrogen-bond donors (Lipinski definition) is 2. The van der Waals surface area contributed by atoms with Gasteiger partial charge in [-0.25, -0.2) is 4.39 Å². The molecular formula is C26H21FN2O3S. The number of methoxy groups -OCH3 is 1. The number of carbonyl (C=O) groups is 2. The zero-order valence-corrected chi connectivity index (χ0v) is 18.8. The summed E-state index contributed by atoms with van der Waals surface area (Å²) in [5.74, 6) is -1.15. The molecule has 4 rings (SSSR count). The first-order valence-corrected chi connectivity index (χ1v) is 11.0. The molecule has 7 heteroatoms. The Labute approximate surface area is 194 Å². The summed E-state index contributed by atoms with van der Waals surface area (Å²) in [5, 5.41) is 5.95. The van der Waals surface area contributed by atoms with Crippen molar-refractivity contribution in [3.63, 3.8) is 0 Å². The quantitative estimate of drug-likeness (QED) is 0.351. The van der Waals surface area contributed by atoms with Gasteiger partial charge in [-0.1, -0.05) is 54.6 Å². The van der Waals surface area contributed by atoms with Crippen molar-refractivity contribution in [3.8, 4) is 16.2 Å². The van der Waals surface area contributed by atoms with E-state index in [4.69, 9.17) is 4.74 Å². The average molecular weight is 461 g/mol. The molecule has 0 saturated heterocycles. The third-order valence-electron chi connectivity index (χ3n) is 5.11. The second-order valence-corrected chi connectivity index (χ2v) is 8.24. The van der Waals surface area contributed by atoms with Gasteiger partial charge in [0.2, 0.25) is 0 Å². The first kappa shape index (κ1) is 22.2. The summed E-state index contributed by atoms with van der Waals surface area (Å²) in [6.07, 6.45) is 0. The maximum Gasteiger partial charge on any atom is 0.259 e. The molecule has 5 nitrogen and oxygen atoms in total. The zero-order chi connectivity index (χ0) is 23.4. The van der Waals surface area contributed by atoms with Crippen LogP contribution in [0.2, 0.25) is 0 Å². The average Bonchev–Trinajstić information content (AvgIpc) is 3.15. The lowest BCUT2D eigenvalue weighted by Gasteiger charge is -2.12. The highest BCUT2D eigenvalue weighted by atomic mass is 32.1. The maximum atomic E-state index is 14.2. The number of amides is 2. The molecule has 0 unspecified atom stereocenters. The molecule has 2 amide bonds. The van der Waals surface area contributed by atoms with Crippen LogP contribution in [0.25, 0.3) is 10.4 Å². The Morgan fingerprint density at radius 2 is 1.52 bits per heavy atom. The zero-order valence-electron chi connectivity index (χ0n) is 18.0. The summed E-state index contributed by atoms with van der Waals surface area (Å²) in [5.41, 5.74) is 2.35. The van der Waals surface area contributed by atoms with Gasteiger partial charge < -0.3 is 15.4 Å². The molecule has 2 N–H and O–H groups in total. The summed E-state index contributed by atoms with van der Waals surface area (Å²) >= 11 is 1.27. The minimum absolute atomic E-state index is 0.0964. The fourth-order valence-electron chi connectivity index (χ4n) is 3.49. The lowest BCUT2D eigenvalue weighted by Crippen LogP contribution is -2.18. The SMILES string of the molecule is COc1ccccc1NC(=O)c1c(NC(=O)c2ccccc2F)sc(-c2ccccc2)c1C. The van der Waals surface area contributed by atoms with Crippen molar-refractivity contribution < 1.29 is 18.7 Å². The van der Waals surface area contributed by atoms with Crippen LogP contribution in [0.5, 0.6) is 5.75 Å². The predicted octanol–water partition coefficient (Wildman–Crippen LogP) is 6.38. The number of para-hydroxylation sites is 2. The molecule has 0 aliphatic heterocycles. The van der Waals surface area contributed by atoms with Gasteiger partial charge in [0.1, 0.15) is 16.6 Å². The standard InChI is InChI=1S/C26H21FN2O3S/c1-16-22(25(31)28-20-14-8-9-15-21(20)32-2)26(33-23(16)17-10-4-3-5-11-17)29-24(30)18-12-6-7-13-19(18)27/h3-15H,1-2H3,(H,28,31)(H,29,30). The van der Waals surface area contributed by atoms with E-state index < -0.39 is 17.6 Å². The lowest BCUT2D eigenvalue weighted by atomic mass is 10.1. The molecule has 0 radical (unpaired) electrons. The number of thiophene rings is 1. The summed E-state index contributed by atoms with van der Waals surface area (Å²) in [6.45, 7) is 1.83. The number of carbonyl (C=O) groups excluding carboxylic acids is 2. The van der Waals surface area contributed by atoms with Gasteiger partial charge in [0, 0.05) is 4.88 Å². The monoisotopic (exact) mass is 460 g/mol. The molecule has 0 bridgehead atoms. The van der Waals surface area contributed by atoms with E-state index in [1.54, 1.807) is 30.3 Å².